The van der Waals surface area contributed by atoms with Crippen LogP contribution in [0.1, 0.15) is 38.3 Å². The molecule has 0 aliphatic rings. The topological polar surface area (TPSA) is 72.5 Å². The van der Waals surface area contributed by atoms with Gasteiger partial charge in [0.1, 0.15) is 24.7 Å². The molecule has 0 atom stereocenters. The van der Waals surface area contributed by atoms with E-state index in [1.807, 2.05) is 24.3 Å². The average Bonchev–Trinajstić information content (AvgIpc) is 2.87. The van der Waals surface area contributed by atoms with E-state index in [-0.39, 0.29) is 18.6 Å². The van der Waals surface area contributed by atoms with Crippen molar-refractivity contribution < 1.29 is 32.3 Å². The molecule has 0 saturated heterocycles. The second kappa shape index (κ2) is 13.4. The molecule has 0 bridgehead atoms. The van der Waals surface area contributed by atoms with E-state index in [2.05, 4.69) is 44.7 Å². The Morgan fingerprint density at radius 2 is 1.26 bits per heavy atom. The minimum atomic E-state index is -2.56. The maximum atomic E-state index is 11.4. The molecule has 0 amide bonds. The molecule has 0 saturated carbocycles. The summed E-state index contributed by atoms with van der Waals surface area (Å²) in [5, 5.41) is 0. The molecule has 0 aliphatic carbocycles. The molecule has 0 radical (unpaired) electrons. The number of carbonyl (C=O) groups excluding carboxylic acids is 1. The van der Waals surface area contributed by atoms with Gasteiger partial charge in [-0.1, -0.05) is 44.7 Å². The molecule has 0 aromatic heterocycles. The average molecular weight is 503 g/mol. The molecule has 0 fully saturated rings. The number of hydrogen-bond acceptors (Lipinski definition) is 7. The van der Waals surface area contributed by atoms with E-state index in [9.17, 15) is 4.79 Å². The monoisotopic (exact) mass is 502 g/mol. The van der Waals surface area contributed by atoms with Gasteiger partial charge in [0.25, 0.3) is 0 Å². The Morgan fingerprint density at radius 3 is 1.69 bits per heavy atom. The van der Waals surface area contributed by atoms with E-state index in [4.69, 9.17) is 27.5 Å². The van der Waals surface area contributed by atoms with Gasteiger partial charge >= 0.3 is 14.8 Å². The molecule has 0 heterocycles. The Kier molecular flexibility index (Phi) is 11.0. The third-order valence-corrected chi connectivity index (χ3v) is 8.75. The summed E-state index contributed by atoms with van der Waals surface area (Å²) in [6, 6.07) is 16.8. The molecule has 2 aromatic carbocycles. The van der Waals surface area contributed by atoms with Crippen LogP contribution in [0.3, 0.4) is 0 Å². The van der Waals surface area contributed by atoms with Gasteiger partial charge in [0.15, 0.2) is 0 Å². The number of benzene rings is 2. The molecule has 2 aromatic rings. The van der Waals surface area contributed by atoms with Crippen LogP contribution in [0, 0.1) is 0 Å². The fourth-order valence-electron chi connectivity index (χ4n) is 3.55. The normalized spacial score (nSPS) is 11.7. The fraction of sp³-hybridized carbons (Fsp3) is 0.444. The lowest BCUT2D eigenvalue weighted by molar-refractivity contribution is -0.139. The summed E-state index contributed by atoms with van der Waals surface area (Å²) >= 11 is 0. The molecule has 192 valence electrons. The van der Waals surface area contributed by atoms with E-state index in [1.165, 1.54) is 5.56 Å². The molecule has 35 heavy (non-hydrogen) atoms. The summed E-state index contributed by atoms with van der Waals surface area (Å²) in [4.78, 5) is 11.4. The Labute approximate surface area is 210 Å². The number of hydrogen-bond donors (Lipinski definition) is 0. The summed E-state index contributed by atoms with van der Waals surface area (Å²) < 4.78 is 32.9. The quantitative estimate of drug-likeness (QED) is 0.144. The second-order valence-electron chi connectivity index (χ2n) is 8.69. The summed E-state index contributed by atoms with van der Waals surface area (Å²) in [6.45, 7) is 10.6. The first-order valence-electron chi connectivity index (χ1n) is 11.6. The number of rotatable bonds is 15. The minimum Gasteiger partial charge on any atom is -0.494 e. The first kappa shape index (κ1) is 28.6. The Hall–Kier alpha value is -2.65. The van der Waals surface area contributed by atoms with Crippen LogP contribution in [0.15, 0.2) is 60.7 Å². The van der Waals surface area contributed by atoms with Crippen LogP contribution in [0.2, 0.25) is 6.04 Å². The van der Waals surface area contributed by atoms with Gasteiger partial charge in [0.2, 0.25) is 0 Å². The van der Waals surface area contributed by atoms with Gasteiger partial charge in [-0.05, 0) is 48.7 Å². The van der Waals surface area contributed by atoms with E-state index in [0.29, 0.717) is 18.2 Å². The van der Waals surface area contributed by atoms with Gasteiger partial charge in [-0.15, -0.1) is 0 Å². The third-order valence-electron chi connectivity index (χ3n) is 5.91. The fourth-order valence-corrected chi connectivity index (χ4v) is 5.24. The molecular weight excluding hydrogens is 464 g/mol. The van der Waals surface area contributed by atoms with E-state index in [1.54, 1.807) is 28.3 Å². The predicted octanol–water partition coefficient (Wildman–Crippen LogP) is 5.16. The summed E-state index contributed by atoms with van der Waals surface area (Å²) in [5.41, 5.74) is 2.51. The van der Waals surface area contributed by atoms with Crippen LogP contribution >= 0.6 is 0 Å². The van der Waals surface area contributed by atoms with Crippen molar-refractivity contribution in [3.8, 4) is 11.5 Å². The molecule has 0 aliphatic heterocycles. The van der Waals surface area contributed by atoms with E-state index < -0.39 is 14.8 Å². The van der Waals surface area contributed by atoms with Gasteiger partial charge in [0, 0.05) is 38.4 Å². The second-order valence-corrected chi connectivity index (χ2v) is 11.8. The minimum absolute atomic E-state index is 0.182. The maximum Gasteiger partial charge on any atom is 0.500 e. The number of carbonyl (C=O) groups is 1. The highest BCUT2D eigenvalue weighted by Crippen LogP contribution is 2.33. The first-order valence-corrected chi connectivity index (χ1v) is 13.6. The SMILES string of the molecule is C=C(C)C(=O)OCCOc1ccc(C(C)(C)c2ccc(OCCC[Si](OC)(OC)OC)cc2)cc1. The van der Waals surface area contributed by atoms with Crippen LogP contribution in [0.5, 0.6) is 11.5 Å². The molecule has 0 unspecified atom stereocenters. The third kappa shape index (κ3) is 8.21. The zero-order chi connectivity index (χ0) is 25.9. The lowest BCUT2D eigenvalue weighted by atomic mass is 9.78. The van der Waals surface area contributed by atoms with Crippen molar-refractivity contribution >= 4 is 14.8 Å². The lowest BCUT2D eigenvalue weighted by Crippen LogP contribution is -2.42. The standard InChI is InChI=1S/C27H38O7Si/c1-21(2)26(28)34-19-18-33-25-15-11-23(12-16-25)27(3,4)22-9-13-24(14-10-22)32-17-8-20-35(29-5,30-6)31-7/h9-16H,1,8,17-20H2,2-7H3. The molecule has 8 heteroatoms. The van der Waals surface area contributed by atoms with Crippen molar-refractivity contribution in [1.29, 1.82) is 0 Å². The van der Waals surface area contributed by atoms with Crippen molar-refractivity contribution in [2.75, 3.05) is 41.2 Å². The lowest BCUT2D eigenvalue weighted by Gasteiger charge is -2.26. The maximum absolute atomic E-state index is 11.4. The zero-order valence-electron chi connectivity index (χ0n) is 21.7. The Bertz CT molecular complexity index is 927. The van der Waals surface area contributed by atoms with Crippen LogP contribution in [-0.2, 0) is 28.2 Å². The van der Waals surface area contributed by atoms with Crippen molar-refractivity contribution in [1.82, 2.24) is 0 Å². The number of esters is 1. The van der Waals surface area contributed by atoms with Gasteiger partial charge < -0.3 is 27.5 Å². The number of ether oxygens (including phenoxy) is 3. The van der Waals surface area contributed by atoms with Crippen LogP contribution in [0.25, 0.3) is 0 Å². The predicted molar refractivity (Wildman–Crippen MR) is 138 cm³/mol. The van der Waals surface area contributed by atoms with Gasteiger partial charge in [-0.2, -0.15) is 0 Å². The van der Waals surface area contributed by atoms with Crippen molar-refractivity contribution in [3.05, 3.63) is 71.8 Å². The first-order chi connectivity index (χ1) is 16.7. The molecular formula is C27H38O7Si. The molecule has 7 nitrogen and oxygen atoms in total. The largest absolute Gasteiger partial charge is 0.500 e. The molecule has 0 N–H and O–H groups in total. The summed E-state index contributed by atoms with van der Waals surface area (Å²) in [7, 11) is 2.29. The van der Waals surface area contributed by atoms with Gasteiger partial charge in [-0.3, -0.25) is 0 Å². The van der Waals surface area contributed by atoms with Crippen molar-refractivity contribution in [2.24, 2.45) is 0 Å². The Morgan fingerprint density at radius 1 is 0.800 bits per heavy atom. The highest BCUT2D eigenvalue weighted by atomic mass is 28.4. The van der Waals surface area contributed by atoms with E-state index in [0.717, 1.165) is 23.5 Å². The highest BCUT2D eigenvalue weighted by molar-refractivity contribution is 6.60. The van der Waals surface area contributed by atoms with Crippen molar-refractivity contribution in [3.63, 3.8) is 0 Å². The van der Waals surface area contributed by atoms with Crippen molar-refractivity contribution in [2.45, 2.75) is 38.7 Å². The van der Waals surface area contributed by atoms with Gasteiger partial charge in [0.05, 0.1) is 6.61 Å². The summed E-state index contributed by atoms with van der Waals surface area (Å²) in [5.74, 6) is 1.14. The Balaban J connectivity index is 1.88. The highest BCUT2D eigenvalue weighted by Gasteiger charge is 2.36. The van der Waals surface area contributed by atoms with E-state index >= 15 is 0 Å². The smallest absolute Gasteiger partial charge is 0.494 e. The van der Waals surface area contributed by atoms with Crippen LogP contribution in [-0.4, -0.2) is 55.9 Å². The van der Waals surface area contributed by atoms with Crippen LogP contribution in [0.4, 0.5) is 0 Å². The van der Waals surface area contributed by atoms with Gasteiger partial charge in [-0.25, -0.2) is 4.79 Å². The molecule has 0 spiro atoms. The van der Waals surface area contributed by atoms with Crippen LogP contribution < -0.4 is 9.47 Å². The zero-order valence-corrected chi connectivity index (χ0v) is 22.7. The molecule has 2 rings (SSSR count). The summed E-state index contributed by atoms with van der Waals surface area (Å²) in [6.07, 6.45) is 0.778.